The third-order valence-electron chi connectivity index (χ3n) is 8.56. The quantitative estimate of drug-likeness (QED) is 0.282. The van der Waals surface area contributed by atoms with E-state index in [4.69, 9.17) is 0 Å². The number of rotatable bonds is 8. The summed E-state index contributed by atoms with van der Waals surface area (Å²) >= 11 is 0. The van der Waals surface area contributed by atoms with Crippen molar-refractivity contribution in [3.63, 3.8) is 0 Å². The van der Waals surface area contributed by atoms with Gasteiger partial charge in [0.05, 0.1) is 5.70 Å². The van der Waals surface area contributed by atoms with Gasteiger partial charge in [-0.1, -0.05) is 86.9 Å². The van der Waals surface area contributed by atoms with Gasteiger partial charge in [0, 0.05) is 19.0 Å². The number of benzene rings is 3. The summed E-state index contributed by atoms with van der Waals surface area (Å²) in [7, 11) is 1.94. The molecule has 2 aliphatic rings. The molecule has 2 nitrogen and oxygen atoms in total. The molecule has 0 spiro atoms. The minimum absolute atomic E-state index is 0.156. The van der Waals surface area contributed by atoms with Crippen LogP contribution >= 0.6 is 0 Å². The lowest BCUT2D eigenvalue weighted by molar-refractivity contribution is 0.330. The van der Waals surface area contributed by atoms with Crippen molar-refractivity contribution < 1.29 is 4.79 Å². The highest BCUT2D eigenvalue weighted by molar-refractivity contribution is 5.89. The molecule has 196 valence electrons. The summed E-state index contributed by atoms with van der Waals surface area (Å²) in [5, 5.41) is 0. The minimum Gasteiger partial charge on any atom is -0.366 e. The van der Waals surface area contributed by atoms with Crippen LogP contribution in [0.5, 0.6) is 0 Å². The van der Waals surface area contributed by atoms with Gasteiger partial charge in [-0.25, -0.2) is 4.79 Å². The summed E-state index contributed by atoms with van der Waals surface area (Å²) in [6, 6.07) is 20.4. The Labute approximate surface area is 233 Å². The molecule has 0 aliphatic heterocycles. The molecule has 3 aromatic rings. The molecule has 0 bridgehead atoms. The molecule has 2 atom stereocenters. The molecule has 39 heavy (non-hydrogen) atoms. The predicted octanol–water partition coefficient (Wildman–Crippen LogP) is 8.85. The number of hydrogen-bond donors (Lipinski definition) is 0. The fraction of sp³-hybridized carbons (Fsp3) is 0.243. The summed E-state index contributed by atoms with van der Waals surface area (Å²) in [6.07, 6.45) is 11.4. The molecular weight excluding hydrogens is 474 g/mol. The first-order valence-electron chi connectivity index (χ1n) is 13.9. The molecule has 0 aromatic heterocycles. The van der Waals surface area contributed by atoms with Crippen LogP contribution in [0.25, 0.3) is 28.3 Å². The lowest BCUT2D eigenvalue weighted by Gasteiger charge is -2.26. The normalized spacial score (nSPS) is 15.4. The lowest BCUT2D eigenvalue weighted by atomic mass is 9.89. The average Bonchev–Trinajstić information content (AvgIpc) is 3.08. The van der Waals surface area contributed by atoms with Crippen LogP contribution in [0.1, 0.15) is 78.5 Å². The minimum atomic E-state index is 0.156. The zero-order chi connectivity index (χ0) is 27.7. The molecule has 2 aliphatic carbocycles. The van der Waals surface area contributed by atoms with E-state index in [9.17, 15) is 4.79 Å². The molecule has 0 amide bonds. The van der Waals surface area contributed by atoms with Crippen molar-refractivity contribution in [2.45, 2.75) is 52.0 Å². The van der Waals surface area contributed by atoms with Crippen LogP contribution in [0.15, 0.2) is 91.7 Å². The van der Waals surface area contributed by atoms with Crippen LogP contribution in [0.2, 0.25) is 0 Å². The molecule has 2 unspecified atom stereocenters. The Morgan fingerprint density at radius 2 is 1.72 bits per heavy atom. The Morgan fingerprint density at radius 3 is 2.41 bits per heavy atom. The predicted molar refractivity (Wildman–Crippen MR) is 166 cm³/mol. The topological polar surface area (TPSA) is 20.3 Å². The maximum atomic E-state index is 11.1. The number of fused-ring (bicyclic) bond motifs is 4. The van der Waals surface area contributed by atoms with Crippen LogP contribution < -0.4 is 0 Å². The summed E-state index contributed by atoms with van der Waals surface area (Å²) in [5.74, 6) is 2.41. The zero-order valence-electron chi connectivity index (χ0n) is 23.6. The number of hydrogen-bond acceptors (Lipinski definition) is 2. The molecule has 2 heteroatoms. The molecule has 3 aromatic carbocycles. The SMILES string of the molecule is C=C(CC(C)N(C)C(C)=C=O)c1ccc2c(c1)-c1cc(C(=C)c3cccc4c3C=CC=CC4)ccc1C2CC. The highest BCUT2D eigenvalue weighted by atomic mass is 16.1. The Morgan fingerprint density at radius 1 is 1.03 bits per heavy atom. The van der Waals surface area contributed by atoms with Crippen LogP contribution in [0.4, 0.5) is 0 Å². The smallest absolute Gasteiger partial charge is 0.145 e. The first-order chi connectivity index (χ1) is 18.8. The number of nitrogens with zero attached hydrogens (tertiary/aromatic N) is 1. The van der Waals surface area contributed by atoms with Gasteiger partial charge in [0.25, 0.3) is 0 Å². The molecule has 0 radical (unpaired) electrons. The van der Waals surface area contributed by atoms with Gasteiger partial charge in [0.2, 0.25) is 0 Å². The Hall–Kier alpha value is -4.13. The van der Waals surface area contributed by atoms with Crippen molar-refractivity contribution in [2.75, 3.05) is 7.05 Å². The van der Waals surface area contributed by atoms with Crippen molar-refractivity contribution in [1.29, 1.82) is 0 Å². The fourth-order valence-corrected chi connectivity index (χ4v) is 6.05. The van der Waals surface area contributed by atoms with Gasteiger partial charge in [-0.3, -0.25) is 0 Å². The summed E-state index contributed by atoms with van der Waals surface area (Å²) in [5.41, 5.74) is 14.2. The third-order valence-corrected chi connectivity index (χ3v) is 8.56. The van der Waals surface area contributed by atoms with E-state index in [1.54, 1.807) is 6.92 Å². The number of carbonyl (C=O) groups excluding carboxylic acids is 1. The summed E-state index contributed by atoms with van der Waals surface area (Å²) < 4.78 is 0. The van der Waals surface area contributed by atoms with E-state index in [1.165, 1.54) is 38.9 Å². The van der Waals surface area contributed by atoms with E-state index in [2.05, 4.69) is 106 Å². The van der Waals surface area contributed by atoms with E-state index in [0.717, 1.165) is 41.5 Å². The van der Waals surface area contributed by atoms with E-state index in [1.807, 2.05) is 17.9 Å². The molecule has 0 N–H and O–H groups in total. The maximum Gasteiger partial charge on any atom is 0.145 e. The monoisotopic (exact) mass is 511 g/mol. The van der Waals surface area contributed by atoms with Crippen molar-refractivity contribution in [2.24, 2.45) is 0 Å². The second-order valence-corrected chi connectivity index (χ2v) is 10.9. The fourth-order valence-electron chi connectivity index (χ4n) is 6.05. The van der Waals surface area contributed by atoms with Gasteiger partial charge in [-0.15, -0.1) is 0 Å². The summed E-state index contributed by atoms with van der Waals surface area (Å²) in [4.78, 5) is 13.1. The highest BCUT2D eigenvalue weighted by Gasteiger charge is 2.28. The van der Waals surface area contributed by atoms with E-state index in [0.29, 0.717) is 11.6 Å². The van der Waals surface area contributed by atoms with Gasteiger partial charge in [-0.2, -0.15) is 0 Å². The average molecular weight is 512 g/mol. The van der Waals surface area contributed by atoms with Crippen molar-refractivity contribution in [1.82, 2.24) is 4.90 Å². The molecule has 5 rings (SSSR count). The Bertz CT molecular complexity index is 1580. The Kier molecular flexibility index (Phi) is 7.42. The van der Waals surface area contributed by atoms with E-state index < -0.39 is 0 Å². The Balaban J connectivity index is 1.50. The molecule has 0 heterocycles. The molecule has 0 fully saturated rings. The molecular formula is C37H37NO. The van der Waals surface area contributed by atoms with Gasteiger partial charge >= 0.3 is 0 Å². The first-order valence-corrected chi connectivity index (χ1v) is 13.9. The number of allylic oxidation sites excluding steroid dienone is 4. The van der Waals surface area contributed by atoms with Crippen molar-refractivity contribution in [3.05, 3.63) is 131 Å². The largest absolute Gasteiger partial charge is 0.366 e. The van der Waals surface area contributed by atoms with Crippen LogP contribution in [0, 0.1) is 0 Å². The van der Waals surface area contributed by atoms with Gasteiger partial charge in [-0.05, 0) is 106 Å². The molecule has 0 saturated carbocycles. The second-order valence-electron chi connectivity index (χ2n) is 10.9. The first kappa shape index (κ1) is 26.5. The second kappa shape index (κ2) is 10.9. The maximum absolute atomic E-state index is 11.1. The highest BCUT2D eigenvalue weighted by Crippen LogP contribution is 2.48. The lowest BCUT2D eigenvalue weighted by Crippen LogP contribution is -2.27. The van der Waals surface area contributed by atoms with Crippen molar-refractivity contribution in [3.8, 4) is 11.1 Å². The van der Waals surface area contributed by atoms with Gasteiger partial charge < -0.3 is 4.90 Å². The van der Waals surface area contributed by atoms with Crippen molar-refractivity contribution >= 4 is 23.2 Å². The van der Waals surface area contributed by atoms with Gasteiger partial charge in [0.15, 0.2) is 0 Å². The van der Waals surface area contributed by atoms with E-state index in [-0.39, 0.29) is 6.04 Å². The summed E-state index contributed by atoms with van der Waals surface area (Å²) in [6.45, 7) is 15.2. The standard InChI is InChI=1S/C37H37NO/c1-7-31-34-18-16-29(24(2)20-25(3)38(6)26(4)23-39)21-36(34)37-22-30(17-19-35(31)37)27(5)32-15-11-13-28-12-9-8-10-14-33(28)32/h8-11,13-19,21-22,25,31H,2,5,7,12,20H2,1,3-4,6H3. The van der Waals surface area contributed by atoms with Crippen LogP contribution in [-0.2, 0) is 11.2 Å². The van der Waals surface area contributed by atoms with Crippen LogP contribution in [-0.4, -0.2) is 23.9 Å². The molecule has 0 saturated heterocycles. The van der Waals surface area contributed by atoms with E-state index >= 15 is 0 Å². The van der Waals surface area contributed by atoms with Gasteiger partial charge in [0.1, 0.15) is 5.94 Å². The third kappa shape index (κ3) is 4.89. The zero-order valence-corrected chi connectivity index (χ0v) is 23.6. The van der Waals surface area contributed by atoms with Crippen LogP contribution in [0.3, 0.4) is 0 Å².